The van der Waals surface area contributed by atoms with Crippen LogP contribution in [0.4, 0.5) is 0 Å². The van der Waals surface area contributed by atoms with Crippen LogP contribution in [0.25, 0.3) is 0 Å². The van der Waals surface area contributed by atoms with Crippen LogP contribution in [0.1, 0.15) is 45.4 Å². The molecule has 2 N–H and O–H groups in total. The number of amides is 1. The van der Waals surface area contributed by atoms with E-state index in [0.717, 1.165) is 21.5 Å². The molecule has 0 saturated carbocycles. The Morgan fingerprint density at radius 1 is 1.35 bits per heavy atom. The fraction of sp³-hybridized carbons (Fsp3) is 0.667. The molecule has 0 atom stereocenters. The molecule has 1 saturated heterocycles. The fourth-order valence-corrected chi connectivity index (χ4v) is 5.18. The summed E-state index contributed by atoms with van der Waals surface area (Å²) >= 11 is 5.07. The predicted molar refractivity (Wildman–Crippen MR) is 87.9 cm³/mol. The molecule has 1 fully saturated rings. The summed E-state index contributed by atoms with van der Waals surface area (Å²) in [7, 11) is 0. The number of piperidine rings is 1. The Kier molecular flexibility index (Phi) is 4.34. The van der Waals surface area contributed by atoms with Crippen molar-refractivity contribution < 1.29 is 4.79 Å². The van der Waals surface area contributed by atoms with Crippen LogP contribution in [0.3, 0.4) is 0 Å². The highest BCUT2D eigenvalue weighted by Gasteiger charge is 2.46. The Balaban J connectivity index is 2.22. The van der Waals surface area contributed by atoms with Crippen LogP contribution in [0.2, 0.25) is 0 Å². The summed E-state index contributed by atoms with van der Waals surface area (Å²) in [4.78, 5) is 15.9. The molecule has 0 bridgehead atoms. The molecule has 5 heteroatoms. The molecule has 1 aliphatic rings. The Morgan fingerprint density at radius 3 is 2.35 bits per heavy atom. The van der Waals surface area contributed by atoms with Gasteiger partial charge in [-0.1, -0.05) is 0 Å². The SMILES string of the molecule is CC1(C)CC(N)CC(C)(C)N1C(=O)Cc1ccc(Br)s1. The van der Waals surface area contributed by atoms with E-state index in [1.54, 1.807) is 11.3 Å². The summed E-state index contributed by atoms with van der Waals surface area (Å²) < 4.78 is 1.07. The second-order valence-corrected chi connectivity index (χ2v) is 9.45. The first-order chi connectivity index (χ1) is 9.12. The van der Waals surface area contributed by atoms with Gasteiger partial charge in [-0.15, -0.1) is 11.3 Å². The minimum atomic E-state index is -0.188. The number of hydrogen-bond acceptors (Lipinski definition) is 3. The van der Waals surface area contributed by atoms with Gasteiger partial charge < -0.3 is 10.6 Å². The van der Waals surface area contributed by atoms with E-state index in [1.165, 1.54) is 0 Å². The van der Waals surface area contributed by atoms with Crippen molar-refractivity contribution in [3.05, 3.63) is 20.8 Å². The van der Waals surface area contributed by atoms with Crippen molar-refractivity contribution in [3.63, 3.8) is 0 Å². The van der Waals surface area contributed by atoms with E-state index >= 15 is 0 Å². The van der Waals surface area contributed by atoms with E-state index < -0.39 is 0 Å². The molecule has 0 radical (unpaired) electrons. The van der Waals surface area contributed by atoms with E-state index in [9.17, 15) is 4.79 Å². The Bertz CT molecular complexity index is 492. The first-order valence-corrected chi connectivity index (χ1v) is 8.56. The van der Waals surface area contributed by atoms with Crippen molar-refractivity contribution in [3.8, 4) is 0 Å². The van der Waals surface area contributed by atoms with E-state index in [4.69, 9.17) is 5.73 Å². The van der Waals surface area contributed by atoms with Gasteiger partial charge in [0.1, 0.15) is 0 Å². The monoisotopic (exact) mass is 358 g/mol. The van der Waals surface area contributed by atoms with Gasteiger partial charge in [0, 0.05) is 22.0 Å². The summed E-state index contributed by atoms with van der Waals surface area (Å²) in [5.74, 6) is 0.196. The number of carbonyl (C=O) groups is 1. The number of nitrogens with two attached hydrogens (primary N) is 1. The van der Waals surface area contributed by atoms with Crippen LogP contribution in [0.15, 0.2) is 15.9 Å². The van der Waals surface area contributed by atoms with Crippen molar-refractivity contribution in [1.29, 1.82) is 0 Å². The Hall–Kier alpha value is -0.390. The molecule has 1 aromatic rings. The average Bonchev–Trinajstić information content (AvgIpc) is 2.58. The lowest BCUT2D eigenvalue weighted by Gasteiger charge is -2.54. The summed E-state index contributed by atoms with van der Waals surface area (Å²) in [6.07, 6.45) is 2.19. The molecule has 1 aromatic heterocycles. The van der Waals surface area contributed by atoms with Crippen molar-refractivity contribution in [2.45, 2.75) is 64.1 Å². The van der Waals surface area contributed by atoms with Gasteiger partial charge in [-0.2, -0.15) is 0 Å². The largest absolute Gasteiger partial charge is 0.332 e. The molecule has 2 heterocycles. The van der Waals surface area contributed by atoms with Crippen molar-refractivity contribution in [2.24, 2.45) is 5.73 Å². The third-order valence-corrected chi connectivity index (χ3v) is 5.56. The van der Waals surface area contributed by atoms with Crippen LogP contribution in [0.5, 0.6) is 0 Å². The molecule has 1 aliphatic heterocycles. The number of likely N-dealkylation sites (tertiary alicyclic amines) is 1. The lowest BCUT2D eigenvalue weighted by Crippen LogP contribution is -2.65. The van der Waals surface area contributed by atoms with Crippen LogP contribution in [-0.4, -0.2) is 27.9 Å². The summed E-state index contributed by atoms with van der Waals surface area (Å²) in [6.45, 7) is 8.48. The molecule has 20 heavy (non-hydrogen) atoms. The van der Waals surface area contributed by atoms with Gasteiger partial charge in [-0.25, -0.2) is 0 Å². The molecular weight excluding hydrogens is 336 g/mol. The molecular formula is C15H23BrN2OS. The normalized spacial score (nSPS) is 22.0. The zero-order valence-electron chi connectivity index (χ0n) is 12.6. The van der Waals surface area contributed by atoms with E-state index in [2.05, 4.69) is 48.5 Å². The van der Waals surface area contributed by atoms with E-state index in [1.807, 2.05) is 12.1 Å². The smallest absolute Gasteiger partial charge is 0.228 e. The molecule has 0 unspecified atom stereocenters. The molecule has 0 spiro atoms. The maximum atomic E-state index is 12.8. The van der Waals surface area contributed by atoms with E-state index in [-0.39, 0.29) is 23.0 Å². The Labute approximate surface area is 133 Å². The second kappa shape index (κ2) is 5.43. The van der Waals surface area contributed by atoms with Gasteiger partial charge in [-0.3, -0.25) is 4.79 Å². The lowest BCUT2D eigenvalue weighted by molar-refractivity contribution is -0.148. The zero-order chi connectivity index (χ0) is 15.1. The summed E-state index contributed by atoms with van der Waals surface area (Å²) in [5.41, 5.74) is 5.79. The lowest BCUT2D eigenvalue weighted by atomic mass is 9.77. The zero-order valence-corrected chi connectivity index (χ0v) is 15.0. The van der Waals surface area contributed by atoms with Crippen molar-refractivity contribution in [1.82, 2.24) is 4.90 Å². The van der Waals surface area contributed by atoms with Crippen LogP contribution in [-0.2, 0) is 11.2 Å². The van der Waals surface area contributed by atoms with Crippen LogP contribution >= 0.6 is 27.3 Å². The standard InChI is InChI=1S/C15H23BrN2OS/c1-14(2)8-10(17)9-15(3,4)18(14)13(19)7-11-5-6-12(16)20-11/h5-6,10H,7-9,17H2,1-4H3. The summed E-state index contributed by atoms with van der Waals surface area (Å²) in [5, 5.41) is 0. The quantitative estimate of drug-likeness (QED) is 0.878. The van der Waals surface area contributed by atoms with Gasteiger partial charge in [0.2, 0.25) is 5.91 Å². The molecule has 0 aliphatic carbocycles. The molecule has 1 amide bonds. The molecule has 112 valence electrons. The van der Waals surface area contributed by atoms with Crippen molar-refractivity contribution >= 4 is 33.2 Å². The maximum Gasteiger partial charge on any atom is 0.228 e. The Morgan fingerprint density at radius 2 is 1.90 bits per heavy atom. The number of halogens is 1. The van der Waals surface area contributed by atoms with Crippen molar-refractivity contribution in [2.75, 3.05) is 0 Å². The predicted octanol–water partition coefficient (Wildman–Crippen LogP) is 3.56. The third kappa shape index (κ3) is 3.26. The highest BCUT2D eigenvalue weighted by atomic mass is 79.9. The number of carbonyl (C=O) groups excluding carboxylic acids is 1. The molecule has 0 aromatic carbocycles. The number of thiophene rings is 1. The second-order valence-electron chi connectivity index (χ2n) is 6.90. The van der Waals surface area contributed by atoms with Gasteiger partial charge in [0.15, 0.2) is 0 Å². The topological polar surface area (TPSA) is 46.3 Å². The van der Waals surface area contributed by atoms with Crippen LogP contribution < -0.4 is 5.73 Å². The van der Waals surface area contributed by atoms with Gasteiger partial charge in [-0.05, 0) is 68.6 Å². The first-order valence-electron chi connectivity index (χ1n) is 6.95. The summed E-state index contributed by atoms with van der Waals surface area (Å²) in [6, 6.07) is 4.18. The third-order valence-electron chi connectivity index (χ3n) is 3.94. The number of nitrogens with zero attached hydrogens (tertiary/aromatic N) is 1. The van der Waals surface area contributed by atoms with Gasteiger partial charge >= 0.3 is 0 Å². The minimum Gasteiger partial charge on any atom is -0.332 e. The van der Waals surface area contributed by atoms with Gasteiger partial charge in [0.25, 0.3) is 0 Å². The molecule has 3 nitrogen and oxygen atoms in total. The maximum absolute atomic E-state index is 12.8. The van der Waals surface area contributed by atoms with Crippen LogP contribution in [0, 0.1) is 0 Å². The fourth-order valence-electron chi connectivity index (χ4n) is 3.71. The number of rotatable bonds is 2. The van der Waals surface area contributed by atoms with Gasteiger partial charge in [0.05, 0.1) is 10.2 Å². The molecule has 2 rings (SSSR count). The highest BCUT2D eigenvalue weighted by Crippen LogP contribution is 2.38. The average molecular weight is 359 g/mol. The minimum absolute atomic E-state index is 0.167. The first kappa shape index (κ1) is 16.0. The van der Waals surface area contributed by atoms with E-state index in [0.29, 0.717) is 6.42 Å². The number of hydrogen-bond donors (Lipinski definition) is 1. The highest BCUT2D eigenvalue weighted by molar-refractivity contribution is 9.11.